The van der Waals surface area contributed by atoms with Crippen molar-refractivity contribution in [2.75, 3.05) is 16.8 Å². The standard InChI is InChI=1S/C20H22ClFN2OS/c1-12-7-15(24-6-3-14-9-17(21)26-16(14)11-24)8-13(2)19(12)23-18(25)10-20(22)4-5-20/h7-9H,3-6,10-11H2,1-2H3,(H,23,25). The minimum atomic E-state index is -1.26. The highest BCUT2D eigenvalue weighted by atomic mass is 35.5. The number of alkyl halides is 1. The summed E-state index contributed by atoms with van der Waals surface area (Å²) < 4.78 is 14.7. The summed E-state index contributed by atoms with van der Waals surface area (Å²) in [7, 11) is 0. The lowest BCUT2D eigenvalue weighted by atomic mass is 10.0. The number of nitrogens with zero attached hydrogens (tertiary/aromatic N) is 1. The lowest BCUT2D eigenvalue weighted by molar-refractivity contribution is -0.117. The van der Waals surface area contributed by atoms with Gasteiger partial charge in [0.2, 0.25) is 5.91 Å². The van der Waals surface area contributed by atoms with E-state index in [4.69, 9.17) is 11.6 Å². The maximum atomic E-state index is 13.8. The fourth-order valence-electron chi connectivity index (χ4n) is 3.61. The number of amides is 1. The molecule has 1 aromatic carbocycles. The minimum absolute atomic E-state index is 0.0400. The Morgan fingerprint density at radius 1 is 1.31 bits per heavy atom. The van der Waals surface area contributed by atoms with Gasteiger partial charge in [0, 0.05) is 22.8 Å². The average Bonchev–Trinajstić information content (AvgIpc) is 3.16. The lowest BCUT2D eigenvalue weighted by Gasteiger charge is -2.30. The zero-order chi connectivity index (χ0) is 18.5. The average molecular weight is 393 g/mol. The highest BCUT2D eigenvalue weighted by Gasteiger charge is 2.44. The number of carbonyl (C=O) groups is 1. The number of anilines is 2. The van der Waals surface area contributed by atoms with Crippen LogP contribution in [0.1, 0.15) is 40.8 Å². The molecule has 0 atom stereocenters. The summed E-state index contributed by atoms with van der Waals surface area (Å²) in [6.07, 6.45) is 1.96. The summed E-state index contributed by atoms with van der Waals surface area (Å²) in [6.45, 7) is 5.80. The topological polar surface area (TPSA) is 32.3 Å². The van der Waals surface area contributed by atoms with Gasteiger partial charge in [-0.3, -0.25) is 4.79 Å². The minimum Gasteiger partial charge on any atom is -0.366 e. The van der Waals surface area contributed by atoms with Crippen molar-refractivity contribution in [2.45, 2.75) is 51.7 Å². The molecule has 0 unspecified atom stereocenters. The molecule has 4 rings (SSSR count). The van der Waals surface area contributed by atoms with E-state index in [1.807, 2.05) is 13.8 Å². The molecule has 2 aromatic rings. The van der Waals surface area contributed by atoms with Gasteiger partial charge in [0.25, 0.3) is 0 Å². The van der Waals surface area contributed by atoms with Crippen LogP contribution in [0.25, 0.3) is 0 Å². The van der Waals surface area contributed by atoms with Gasteiger partial charge in [0.05, 0.1) is 17.3 Å². The third kappa shape index (κ3) is 3.60. The number of hydrogen-bond donors (Lipinski definition) is 1. The smallest absolute Gasteiger partial charge is 0.227 e. The highest BCUT2D eigenvalue weighted by Crippen LogP contribution is 2.43. The molecule has 3 nitrogen and oxygen atoms in total. The number of halogens is 2. The molecular weight excluding hydrogens is 371 g/mol. The Kier molecular flexibility index (Phi) is 4.48. The summed E-state index contributed by atoms with van der Waals surface area (Å²) in [5, 5.41) is 2.91. The Morgan fingerprint density at radius 2 is 2.00 bits per heavy atom. The summed E-state index contributed by atoms with van der Waals surface area (Å²) in [4.78, 5) is 15.8. The molecule has 2 heterocycles. The van der Waals surface area contributed by atoms with Crippen molar-refractivity contribution in [1.29, 1.82) is 0 Å². The van der Waals surface area contributed by atoms with E-state index in [9.17, 15) is 9.18 Å². The third-order valence-electron chi connectivity index (χ3n) is 5.27. The highest BCUT2D eigenvalue weighted by molar-refractivity contribution is 7.16. The van der Waals surface area contributed by atoms with Gasteiger partial charge in [-0.2, -0.15) is 0 Å². The summed E-state index contributed by atoms with van der Waals surface area (Å²) in [6, 6.07) is 6.28. The van der Waals surface area contributed by atoms with E-state index in [0.717, 1.165) is 46.3 Å². The molecule has 1 N–H and O–H groups in total. The lowest BCUT2D eigenvalue weighted by Crippen LogP contribution is -2.29. The predicted molar refractivity (Wildman–Crippen MR) is 106 cm³/mol. The summed E-state index contributed by atoms with van der Waals surface area (Å²) in [5.74, 6) is -0.236. The van der Waals surface area contributed by atoms with Gasteiger partial charge in [0.15, 0.2) is 0 Å². The fraction of sp³-hybridized carbons (Fsp3) is 0.450. The van der Waals surface area contributed by atoms with Crippen LogP contribution >= 0.6 is 22.9 Å². The fourth-order valence-corrected chi connectivity index (χ4v) is 4.97. The molecule has 1 fully saturated rings. The SMILES string of the molecule is Cc1cc(N2CCc3cc(Cl)sc3C2)cc(C)c1NC(=O)CC1(F)CC1. The molecule has 1 saturated carbocycles. The number of thiophene rings is 1. The first-order valence-corrected chi connectivity index (χ1v) is 10.1. The van der Waals surface area contributed by atoms with Crippen LogP contribution in [-0.2, 0) is 17.8 Å². The van der Waals surface area contributed by atoms with E-state index in [-0.39, 0.29) is 12.3 Å². The van der Waals surface area contributed by atoms with E-state index in [1.54, 1.807) is 11.3 Å². The molecule has 2 aliphatic rings. The molecule has 0 radical (unpaired) electrons. The van der Waals surface area contributed by atoms with Crippen LogP contribution in [0.2, 0.25) is 4.34 Å². The molecule has 0 bridgehead atoms. The zero-order valence-corrected chi connectivity index (χ0v) is 16.6. The largest absolute Gasteiger partial charge is 0.366 e. The quantitative estimate of drug-likeness (QED) is 0.754. The Balaban J connectivity index is 1.51. The van der Waals surface area contributed by atoms with E-state index in [1.165, 1.54) is 10.4 Å². The van der Waals surface area contributed by atoms with Gasteiger partial charge in [-0.1, -0.05) is 11.6 Å². The Bertz CT molecular complexity index is 852. The molecule has 6 heteroatoms. The molecule has 0 spiro atoms. The monoisotopic (exact) mass is 392 g/mol. The van der Waals surface area contributed by atoms with Crippen molar-refractivity contribution in [3.63, 3.8) is 0 Å². The number of rotatable bonds is 4. The van der Waals surface area contributed by atoms with Gasteiger partial charge in [-0.25, -0.2) is 4.39 Å². The third-order valence-corrected chi connectivity index (χ3v) is 6.56. The molecule has 1 aliphatic carbocycles. The second-order valence-corrected chi connectivity index (χ2v) is 9.27. The van der Waals surface area contributed by atoms with Gasteiger partial charge in [0.1, 0.15) is 5.67 Å². The molecule has 1 aromatic heterocycles. The van der Waals surface area contributed by atoms with Crippen LogP contribution in [0.15, 0.2) is 18.2 Å². The number of carbonyl (C=O) groups excluding carboxylic acids is 1. The van der Waals surface area contributed by atoms with Crippen molar-refractivity contribution in [3.8, 4) is 0 Å². The Hall–Kier alpha value is -1.59. The zero-order valence-electron chi connectivity index (χ0n) is 15.0. The van der Waals surface area contributed by atoms with Crippen LogP contribution in [0.4, 0.5) is 15.8 Å². The number of fused-ring (bicyclic) bond motifs is 1. The van der Waals surface area contributed by atoms with Crippen LogP contribution in [0.3, 0.4) is 0 Å². The number of nitrogens with one attached hydrogen (secondary N) is 1. The van der Waals surface area contributed by atoms with Crippen molar-refractivity contribution in [3.05, 3.63) is 44.1 Å². The molecule has 138 valence electrons. The van der Waals surface area contributed by atoms with Gasteiger partial charge in [-0.15, -0.1) is 11.3 Å². The van der Waals surface area contributed by atoms with Crippen molar-refractivity contribution in [2.24, 2.45) is 0 Å². The first-order valence-electron chi connectivity index (χ1n) is 8.95. The second-order valence-electron chi connectivity index (χ2n) is 7.50. The van der Waals surface area contributed by atoms with Crippen LogP contribution in [0.5, 0.6) is 0 Å². The van der Waals surface area contributed by atoms with Crippen LogP contribution < -0.4 is 10.2 Å². The molecule has 26 heavy (non-hydrogen) atoms. The van der Waals surface area contributed by atoms with Gasteiger partial charge >= 0.3 is 0 Å². The maximum absolute atomic E-state index is 13.8. The van der Waals surface area contributed by atoms with E-state index in [2.05, 4.69) is 28.4 Å². The van der Waals surface area contributed by atoms with Gasteiger partial charge < -0.3 is 10.2 Å². The van der Waals surface area contributed by atoms with Crippen LogP contribution in [0, 0.1) is 13.8 Å². The second kappa shape index (κ2) is 6.54. The van der Waals surface area contributed by atoms with Crippen molar-refractivity contribution in [1.82, 2.24) is 0 Å². The maximum Gasteiger partial charge on any atom is 0.227 e. The van der Waals surface area contributed by atoms with Gasteiger partial charge in [-0.05, 0) is 68.0 Å². The van der Waals surface area contributed by atoms with Crippen LogP contribution in [-0.4, -0.2) is 18.1 Å². The summed E-state index contributed by atoms with van der Waals surface area (Å²) >= 11 is 7.80. The van der Waals surface area contributed by atoms with E-state index >= 15 is 0 Å². The van der Waals surface area contributed by atoms with Crippen molar-refractivity contribution < 1.29 is 9.18 Å². The predicted octanol–water partition coefficient (Wildman–Crippen LogP) is 5.41. The number of hydrogen-bond acceptors (Lipinski definition) is 3. The van der Waals surface area contributed by atoms with Crippen molar-refractivity contribution >= 4 is 40.2 Å². The molecule has 0 saturated heterocycles. The molecule has 1 aliphatic heterocycles. The Morgan fingerprint density at radius 3 is 2.65 bits per heavy atom. The summed E-state index contributed by atoms with van der Waals surface area (Å²) in [5.41, 5.74) is 4.06. The first-order chi connectivity index (χ1) is 12.3. The molecule has 1 amide bonds. The number of benzene rings is 1. The molecular formula is C20H22ClFN2OS. The van der Waals surface area contributed by atoms with E-state index < -0.39 is 5.67 Å². The number of aryl methyl sites for hydroxylation is 2. The Labute approximate surface area is 162 Å². The van der Waals surface area contributed by atoms with E-state index in [0.29, 0.717) is 12.8 Å². The first kappa shape index (κ1) is 17.8. The normalized spacial score (nSPS) is 17.8.